The molecule has 0 aromatic carbocycles. The summed E-state index contributed by atoms with van der Waals surface area (Å²) in [5, 5.41) is 10.7. The summed E-state index contributed by atoms with van der Waals surface area (Å²) in [7, 11) is 1.25. The molecule has 0 radical (unpaired) electrons. The number of carbonyl (C=O) groups excluding carboxylic acids is 2. The van der Waals surface area contributed by atoms with Gasteiger partial charge in [0.2, 0.25) is 6.21 Å². The minimum Gasteiger partial charge on any atom is -0.624 e. The lowest BCUT2D eigenvalue weighted by atomic mass is 10.4. The molecule has 0 fully saturated rings. The van der Waals surface area contributed by atoms with Gasteiger partial charge in [0.1, 0.15) is 6.54 Å². The first-order valence-corrected chi connectivity index (χ1v) is 3.78. The van der Waals surface area contributed by atoms with Crippen molar-refractivity contribution < 1.29 is 19.1 Å². The predicted octanol–water partition coefficient (Wildman–Crippen LogP) is -1.42. The third kappa shape index (κ3) is 2.43. The van der Waals surface area contributed by atoms with Crippen LogP contribution in [0.4, 0.5) is 0 Å². The second-order valence-electron chi connectivity index (χ2n) is 2.61. The summed E-state index contributed by atoms with van der Waals surface area (Å²) in [5.74, 6) is -0.937. The number of nitrogens with zero attached hydrogens (tertiary/aromatic N) is 2. The standard InChI is InChI=1S/C7H10N2O4/c1-13-7(11)5-8-2-3-9(12)4-6(8)10/h4H,2-3,5H2,1H3. The van der Waals surface area contributed by atoms with Crippen LogP contribution in [-0.2, 0) is 14.3 Å². The molecule has 1 rings (SSSR count). The zero-order chi connectivity index (χ0) is 9.84. The van der Waals surface area contributed by atoms with Crippen LogP contribution in [0.5, 0.6) is 0 Å². The molecular formula is C7H10N2O4. The molecule has 6 heteroatoms. The van der Waals surface area contributed by atoms with Crippen LogP contribution in [0.1, 0.15) is 0 Å². The van der Waals surface area contributed by atoms with Crippen molar-refractivity contribution in [1.82, 2.24) is 4.90 Å². The number of hydroxylamine groups is 1. The van der Waals surface area contributed by atoms with E-state index in [2.05, 4.69) is 4.74 Å². The van der Waals surface area contributed by atoms with Crippen molar-refractivity contribution >= 4 is 18.1 Å². The number of hydrogen-bond donors (Lipinski definition) is 0. The monoisotopic (exact) mass is 186 g/mol. The molecule has 0 aromatic heterocycles. The smallest absolute Gasteiger partial charge is 0.325 e. The van der Waals surface area contributed by atoms with E-state index in [0.29, 0.717) is 4.74 Å². The SMILES string of the molecule is COC(=O)CN1CC[N+]([O-])=CC1=O. The Balaban J connectivity index is 2.54. The fourth-order valence-corrected chi connectivity index (χ4v) is 0.976. The largest absolute Gasteiger partial charge is 0.624 e. The average Bonchev–Trinajstić information content (AvgIpc) is 2.09. The van der Waals surface area contributed by atoms with Gasteiger partial charge in [-0.05, 0) is 0 Å². The molecule has 0 aromatic rings. The Morgan fingerprint density at radius 2 is 2.54 bits per heavy atom. The molecule has 0 saturated heterocycles. The molecule has 1 amide bonds. The molecule has 1 aliphatic rings. The van der Waals surface area contributed by atoms with Crippen LogP contribution in [0.25, 0.3) is 0 Å². The lowest BCUT2D eigenvalue weighted by molar-refractivity contribution is -0.455. The van der Waals surface area contributed by atoms with Crippen molar-refractivity contribution in [3.63, 3.8) is 0 Å². The highest BCUT2D eigenvalue weighted by Crippen LogP contribution is 1.94. The van der Waals surface area contributed by atoms with E-state index in [-0.39, 0.29) is 19.6 Å². The van der Waals surface area contributed by atoms with Crippen LogP contribution < -0.4 is 0 Å². The van der Waals surface area contributed by atoms with Crippen LogP contribution in [-0.4, -0.2) is 54.5 Å². The lowest BCUT2D eigenvalue weighted by Crippen LogP contribution is -2.45. The highest BCUT2D eigenvalue weighted by atomic mass is 16.5. The number of hydrogen-bond acceptors (Lipinski definition) is 4. The van der Waals surface area contributed by atoms with Gasteiger partial charge in [-0.3, -0.25) is 9.59 Å². The van der Waals surface area contributed by atoms with Gasteiger partial charge in [0.15, 0.2) is 6.54 Å². The summed E-state index contributed by atoms with van der Waals surface area (Å²) in [4.78, 5) is 23.1. The molecule has 1 heterocycles. The summed E-state index contributed by atoms with van der Waals surface area (Å²) in [6, 6.07) is 0. The second kappa shape index (κ2) is 3.88. The number of esters is 1. The number of methoxy groups -OCH3 is 1. The molecule has 1 aliphatic heterocycles. The van der Waals surface area contributed by atoms with Gasteiger partial charge >= 0.3 is 11.9 Å². The fraction of sp³-hybridized carbons (Fsp3) is 0.571. The predicted molar refractivity (Wildman–Crippen MR) is 43.2 cm³/mol. The molecule has 13 heavy (non-hydrogen) atoms. The van der Waals surface area contributed by atoms with E-state index >= 15 is 0 Å². The normalized spacial score (nSPS) is 16.8. The van der Waals surface area contributed by atoms with Gasteiger partial charge in [-0.2, -0.15) is 0 Å². The fourth-order valence-electron chi connectivity index (χ4n) is 0.976. The summed E-state index contributed by atoms with van der Waals surface area (Å²) in [5.41, 5.74) is 0. The van der Waals surface area contributed by atoms with Gasteiger partial charge in [-0.1, -0.05) is 0 Å². The topological polar surface area (TPSA) is 72.7 Å². The van der Waals surface area contributed by atoms with Gasteiger partial charge in [-0.25, -0.2) is 4.74 Å². The van der Waals surface area contributed by atoms with E-state index in [4.69, 9.17) is 0 Å². The van der Waals surface area contributed by atoms with E-state index < -0.39 is 11.9 Å². The van der Waals surface area contributed by atoms with Gasteiger partial charge in [0.25, 0.3) is 0 Å². The maximum Gasteiger partial charge on any atom is 0.325 e. The van der Waals surface area contributed by atoms with E-state index in [1.807, 2.05) is 0 Å². The third-order valence-corrected chi connectivity index (χ3v) is 1.70. The first-order valence-electron chi connectivity index (χ1n) is 3.78. The van der Waals surface area contributed by atoms with Crippen molar-refractivity contribution in [2.24, 2.45) is 0 Å². The van der Waals surface area contributed by atoms with E-state index in [9.17, 15) is 14.8 Å². The van der Waals surface area contributed by atoms with Crippen molar-refractivity contribution in [2.45, 2.75) is 0 Å². The zero-order valence-corrected chi connectivity index (χ0v) is 7.23. The van der Waals surface area contributed by atoms with Crippen molar-refractivity contribution in [3.05, 3.63) is 5.21 Å². The Morgan fingerprint density at radius 1 is 1.85 bits per heavy atom. The maximum absolute atomic E-state index is 11.1. The summed E-state index contributed by atoms with van der Waals surface area (Å²) < 4.78 is 4.94. The van der Waals surface area contributed by atoms with Crippen LogP contribution >= 0.6 is 0 Å². The van der Waals surface area contributed by atoms with Crippen molar-refractivity contribution in [2.75, 3.05) is 26.7 Å². The van der Waals surface area contributed by atoms with Gasteiger partial charge in [-0.15, -0.1) is 0 Å². The van der Waals surface area contributed by atoms with Crippen molar-refractivity contribution in [3.8, 4) is 0 Å². The van der Waals surface area contributed by atoms with Gasteiger partial charge in [0, 0.05) is 0 Å². The molecule has 0 spiro atoms. The van der Waals surface area contributed by atoms with E-state index in [1.165, 1.54) is 12.0 Å². The number of amides is 1. The Kier molecular flexibility index (Phi) is 2.84. The molecule has 6 nitrogen and oxygen atoms in total. The number of rotatable bonds is 2. The van der Waals surface area contributed by atoms with E-state index in [0.717, 1.165) is 6.21 Å². The third-order valence-electron chi connectivity index (χ3n) is 1.70. The van der Waals surface area contributed by atoms with Gasteiger partial charge in [0.05, 0.1) is 13.7 Å². The molecule has 72 valence electrons. The first-order chi connectivity index (χ1) is 6.13. The second-order valence-corrected chi connectivity index (χ2v) is 2.61. The average molecular weight is 186 g/mol. The zero-order valence-electron chi connectivity index (χ0n) is 7.23. The van der Waals surface area contributed by atoms with Gasteiger partial charge < -0.3 is 14.8 Å². The molecule has 0 saturated carbocycles. The van der Waals surface area contributed by atoms with Crippen LogP contribution in [0.3, 0.4) is 0 Å². The number of carbonyl (C=O) groups is 2. The molecular weight excluding hydrogens is 176 g/mol. The molecule has 0 N–H and O–H groups in total. The Bertz CT molecular complexity index is 261. The molecule has 0 atom stereocenters. The van der Waals surface area contributed by atoms with Crippen LogP contribution in [0.15, 0.2) is 0 Å². The Labute approximate surface area is 75.0 Å². The highest BCUT2D eigenvalue weighted by Gasteiger charge is 2.23. The molecule has 0 unspecified atom stereocenters. The molecule has 0 aliphatic carbocycles. The first kappa shape index (κ1) is 9.50. The number of ether oxygens (including phenoxy) is 1. The van der Waals surface area contributed by atoms with Crippen molar-refractivity contribution in [1.29, 1.82) is 0 Å². The minimum absolute atomic E-state index is 0.0975. The summed E-state index contributed by atoms with van der Waals surface area (Å²) >= 11 is 0. The molecule has 0 bridgehead atoms. The van der Waals surface area contributed by atoms with E-state index in [1.54, 1.807) is 0 Å². The Hall–Kier alpha value is -1.59. The minimum atomic E-state index is -0.485. The van der Waals surface area contributed by atoms with Crippen LogP contribution in [0.2, 0.25) is 0 Å². The highest BCUT2D eigenvalue weighted by molar-refractivity contribution is 6.24. The summed E-state index contributed by atoms with van der Waals surface area (Å²) in [6.07, 6.45) is 0.923. The maximum atomic E-state index is 11.1. The quantitative estimate of drug-likeness (QED) is 0.301. The Morgan fingerprint density at radius 3 is 3.08 bits per heavy atom. The summed E-state index contributed by atoms with van der Waals surface area (Å²) in [6.45, 7) is 0.357. The lowest BCUT2D eigenvalue weighted by Gasteiger charge is -2.21. The van der Waals surface area contributed by atoms with Crippen LogP contribution in [0, 0.1) is 5.21 Å².